The smallest absolute Gasteiger partial charge is 0.0652 e. The summed E-state index contributed by atoms with van der Waals surface area (Å²) in [6, 6.07) is 4.22. The Morgan fingerprint density at radius 3 is 2.73 bits per heavy atom. The summed E-state index contributed by atoms with van der Waals surface area (Å²) in [5.41, 5.74) is 1.58. The Kier molecular flexibility index (Phi) is 5.41. The highest BCUT2D eigenvalue weighted by molar-refractivity contribution is 5.10. The molecule has 1 spiro atoms. The third kappa shape index (κ3) is 3.66. The molecule has 3 rings (SSSR count). The molecule has 2 saturated heterocycles. The van der Waals surface area contributed by atoms with Gasteiger partial charge in [0.05, 0.1) is 19.8 Å². The molecule has 3 heterocycles. The molecular formula is C17H27N3O2. The Bertz CT molecular complexity index is 446. The second kappa shape index (κ2) is 7.51. The van der Waals surface area contributed by atoms with Crippen LogP contribution < -0.4 is 0 Å². The van der Waals surface area contributed by atoms with Gasteiger partial charge in [0, 0.05) is 57.8 Å². The van der Waals surface area contributed by atoms with E-state index in [-0.39, 0.29) is 5.54 Å². The number of hydrogen-bond donors (Lipinski definition) is 0. The molecule has 5 heteroatoms. The molecule has 1 aromatic heterocycles. The van der Waals surface area contributed by atoms with Gasteiger partial charge < -0.3 is 9.47 Å². The van der Waals surface area contributed by atoms with E-state index in [9.17, 15) is 0 Å². The SMILES string of the molecule is COCCN1CCOCC12CCN(Cc1ccncc1)CC2. The molecule has 2 aliphatic rings. The topological polar surface area (TPSA) is 37.8 Å². The fraction of sp³-hybridized carbons (Fsp3) is 0.706. The molecule has 1 aromatic rings. The van der Waals surface area contributed by atoms with Crippen LogP contribution in [-0.2, 0) is 16.0 Å². The number of methoxy groups -OCH3 is 1. The molecule has 0 radical (unpaired) electrons. The summed E-state index contributed by atoms with van der Waals surface area (Å²) in [4.78, 5) is 9.24. The van der Waals surface area contributed by atoms with Gasteiger partial charge in [-0.05, 0) is 30.5 Å². The van der Waals surface area contributed by atoms with E-state index >= 15 is 0 Å². The Morgan fingerprint density at radius 2 is 2.00 bits per heavy atom. The third-order valence-electron chi connectivity index (χ3n) is 5.05. The number of hydrogen-bond acceptors (Lipinski definition) is 5. The fourth-order valence-electron chi connectivity index (χ4n) is 3.65. The Labute approximate surface area is 133 Å². The van der Waals surface area contributed by atoms with Crippen LogP contribution in [0.25, 0.3) is 0 Å². The summed E-state index contributed by atoms with van der Waals surface area (Å²) < 4.78 is 11.1. The number of nitrogens with zero attached hydrogens (tertiary/aromatic N) is 3. The average molecular weight is 305 g/mol. The summed E-state index contributed by atoms with van der Waals surface area (Å²) in [5, 5.41) is 0. The lowest BCUT2D eigenvalue weighted by molar-refractivity contribution is -0.100. The zero-order chi connectivity index (χ0) is 15.3. The molecule has 2 aliphatic heterocycles. The van der Waals surface area contributed by atoms with E-state index in [1.165, 1.54) is 18.4 Å². The minimum absolute atomic E-state index is 0.228. The predicted octanol–water partition coefficient (Wildman–Crippen LogP) is 1.39. The number of morpholine rings is 1. The summed E-state index contributed by atoms with van der Waals surface area (Å²) in [5.74, 6) is 0. The van der Waals surface area contributed by atoms with Crippen LogP contribution in [0, 0.1) is 0 Å². The minimum Gasteiger partial charge on any atom is -0.383 e. The summed E-state index contributed by atoms with van der Waals surface area (Å²) in [7, 11) is 1.78. The number of likely N-dealkylation sites (tertiary alicyclic amines) is 1. The maximum absolute atomic E-state index is 5.82. The monoisotopic (exact) mass is 305 g/mol. The van der Waals surface area contributed by atoms with Gasteiger partial charge in [-0.2, -0.15) is 0 Å². The van der Waals surface area contributed by atoms with Crippen molar-refractivity contribution >= 4 is 0 Å². The van der Waals surface area contributed by atoms with Crippen LogP contribution in [0.1, 0.15) is 18.4 Å². The Hall–Kier alpha value is -1.01. The molecule has 0 atom stereocenters. The van der Waals surface area contributed by atoms with Crippen LogP contribution in [0.2, 0.25) is 0 Å². The van der Waals surface area contributed by atoms with Crippen molar-refractivity contribution in [1.29, 1.82) is 0 Å². The molecule has 0 saturated carbocycles. The van der Waals surface area contributed by atoms with Crippen molar-refractivity contribution in [3.63, 3.8) is 0 Å². The molecule has 0 aromatic carbocycles. The molecule has 0 N–H and O–H groups in total. The van der Waals surface area contributed by atoms with E-state index in [2.05, 4.69) is 26.9 Å². The first kappa shape index (κ1) is 15.9. The highest BCUT2D eigenvalue weighted by Gasteiger charge is 2.41. The first-order valence-electron chi connectivity index (χ1n) is 8.25. The highest BCUT2D eigenvalue weighted by atomic mass is 16.5. The van der Waals surface area contributed by atoms with E-state index in [0.717, 1.165) is 52.5 Å². The second-order valence-corrected chi connectivity index (χ2v) is 6.39. The molecule has 22 heavy (non-hydrogen) atoms. The van der Waals surface area contributed by atoms with Gasteiger partial charge in [-0.1, -0.05) is 0 Å². The first-order chi connectivity index (χ1) is 10.8. The lowest BCUT2D eigenvalue weighted by Gasteiger charge is -2.51. The van der Waals surface area contributed by atoms with Gasteiger partial charge in [0.2, 0.25) is 0 Å². The van der Waals surface area contributed by atoms with Crippen LogP contribution in [0.15, 0.2) is 24.5 Å². The molecule has 2 fully saturated rings. The van der Waals surface area contributed by atoms with E-state index in [0.29, 0.717) is 0 Å². The molecular weight excluding hydrogens is 278 g/mol. The Morgan fingerprint density at radius 1 is 1.23 bits per heavy atom. The normalized spacial score (nSPS) is 23.0. The van der Waals surface area contributed by atoms with Crippen LogP contribution in [-0.4, -0.2) is 73.4 Å². The largest absolute Gasteiger partial charge is 0.383 e. The van der Waals surface area contributed by atoms with Gasteiger partial charge in [0.15, 0.2) is 0 Å². The van der Waals surface area contributed by atoms with Crippen molar-refractivity contribution < 1.29 is 9.47 Å². The van der Waals surface area contributed by atoms with Gasteiger partial charge >= 0.3 is 0 Å². The Balaban J connectivity index is 1.56. The van der Waals surface area contributed by atoms with Gasteiger partial charge in [-0.25, -0.2) is 0 Å². The van der Waals surface area contributed by atoms with Crippen molar-refractivity contribution in [3.05, 3.63) is 30.1 Å². The number of pyridine rings is 1. The number of ether oxygens (including phenoxy) is 2. The quantitative estimate of drug-likeness (QED) is 0.822. The lowest BCUT2D eigenvalue weighted by atomic mass is 9.85. The van der Waals surface area contributed by atoms with E-state index in [1.54, 1.807) is 7.11 Å². The van der Waals surface area contributed by atoms with Crippen molar-refractivity contribution in [2.45, 2.75) is 24.9 Å². The summed E-state index contributed by atoms with van der Waals surface area (Å²) in [6.45, 7) is 7.88. The van der Waals surface area contributed by atoms with Crippen LogP contribution in [0.4, 0.5) is 0 Å². The fourth-order valence-corrected chi connectivity index (χ4v) is 3.65. The summed E-state index contributed by atoms with van der Waals surface area (Å²) in [6.07, 6.45) is 6.12. The molecule has 0 unspecified atom stereocenters. The lowest BCUT2D eigenvalue weighted by Crippen LogP contribution is -2.61. The average Bonchev–Trinajstić information content (AvgIpc) is 2.57. The summed E-state index contributed by atoms with van der Waals surface area (Å²) >= 11 is 0. The zero-order valence-electron chi connectivity index (χ0n) is 13.5. The van der Waals surface area contributed by atoms with Crippen LogP contribution in [0.5, 0.6) is 0 Å². The van der Waals surface area contributed by atoms with Crippen molar-refractivity contribution in [1.82, 2.24) is 14.8 Å². The van der Waals surface area contributed by atoms with Crippen molar-refractivity contribution in [2.24, 2.45) is 0 Å². The van der Waals surface area contributed by atoms with Crippen LogP contribution in [0.3, 0.4) is 0 Å². The molecule has 0 amide bonds. The number of rotatable bonds is 5. The number of aromatic nitrogens is 1. The van der Waals surface area contributed by atoms with Gasteiger partial charge in [0.1, 0.15) is 0 Å². The standard InChI is InChI=1S/C17H27N3O2/c1-21-12-10-20-11-13-22-15-17(20)4-8-19(9-5-17)14-16-2-6-18-7-3-16/h2-3,6-7H,4-5,8-15H2,1H3. The van der Waals surface area contributed by atoms with Crippen LogP contribution >= 0.6 is 0 Å². The molecule has 122 valence electrons. The predicted molar refractivity (Wildman–Crippen MR) is 85.7 cm³/mol. The maximum atomic E-state index is 5.82. The zero-order valence-corrected chi connectivity index (χ0v) is 13.5. The molecule has 5 nitrogen and oxygen atoms in total. The van der Waals surface area contributed by atoms with E-state index in [4.69, 9.17) is 9.47 Å². The number of piperidine rings is 1. The van der Waals surface area contributed by atoms with Crippen molar-refractivity contribution in [3.8, 4) is 0 Å². The second-order valence-electron chi connectivity index (χ2n) is 6.39. The molecule has 0 bridgehead atoms. The third-order valence-corrected chi connectivity index (χ3v) is 5.05. The van der Waals surface area contributed by atoms with Gasteiger partial charge in [0.25, 0.3) is 0 Å². The van der Waals surface area contributed by atoms with E-state index < -0.39 is 0 Å². The van der Waals surface area contributed by atoms with E-state index in [1.807, 2.05) is 12.4 Å². The highest BCUT2D eigenvalue weighted by Crippen LogP contribution is 2.32. The molecule has 0 aliphatic carbocycles. The maximum Gasteiger partial charge on any atom is 0.0652 e. The minimum atomic E-state index is 0.228. The van der Waals surface area contributed by atoms with Gasteiger partial charge in [-0.3, -0.25) is 14.8 Å². The van der Waals surface area contributed by atoms with Gasteiger partial charge in [-0.15, -0.1) is 0 Å². The first-order valence-corrected chi connectivity index (χ1v) is 8.25. The van der Waals surface area contributed by atoms with Crippen molar-refractivity contribution in [2.75, 3.05) is 53.1 Å².